The number of carboxylic acids is 1. The number of unbranched alkanes of at least 4 members (excludes halogenated alkanes) is 3. The minimum atomic E-state index is -0.790. The van der Waals surface area contributed by atoms with Crippen LogP contribution in [0.15, 0.2) is 23.3 Å². The highest BCUT2D eigenvalue weighted by Crippen LogP contribution is 2.28. The van der Waals surface area contributed by atoms with Crippen molar-refractivity contribution in [3.8, 4) is 0 Å². The van der Waals surface area contributed by atoms with Crippen molar-refractivity contribution < 1.29 is 19.8 Å². The third-order valence-corrected chi connectivity index (χ3v) is 4.04. The molecule has 0 aromatic rings. The van der Waals surface area contributed by atoms with Crippen LogP contribution in [0.1, 0.15) is 71.1 Å². The fraction of sp³-hybridized carbons (Fsp3) is 0.667. The Kier molecular flexibility index (Phi) is 8.75. The van der Waals surface area contributed by atoms with Crippen LogP contribution in [0.25, 0.3) is 0 Å². The first-order valence-electron chi connectivity index (χ1n) is 8.37. The summed E-state index contributed by atoms with van der Waals surface area (Å²) in [5.41, 5.74) is 1.86. The van der Waals surface area contributed by atoms with Crippen LogP contribution in [0.3, 0.4) is 0 Å². The van der Waals surface area contributed by atoms with Gasteiger partial charge in [-0.3, -0.25) is 9.59 Å². The van der Waals surface area contributed by atoms with Crippen molar-refractivity contribution in [2.24, 2.45) is 0 Å². The minimum absolute atomic E-state index is 0.156. The van der Waals surface area contributed by atoms with Gasteiger partial charge in [0.1, 0.15) is 0 Å². The molecule has 0 aromatic carbocycles. The molecular weight excluding hydrogens is 280 g/mol. The summed E-state index contributed by atoms with van der Waals surface area (Å²) in [4.78, 5) is 22.4. The lowest BCUT2D eigenvalue weighted by Crippen LogP contribution is -2.02. The molecule has 0 amide bonds. The maximum atomic E-state index is 11.9. The molecule has 1 rings (SSSR count). The van der Waals surface area contributed by atoms with Crippen molar-refractivity contribution in [3.63, 3.8) is 0 Å². The van der Waals surface area contributed by atoms with Crippen molar-refractivity contribution in [3.05, 3.63) is 23.3 Å². The number of Topliss-reactive ketones (excluding diaryl/α,β-unsaturated/α-hetero) is 1. The molecule has 1 atom stereocenters. The van der Waals surface area contributed by atoms with Crippen LogP contribution in [0.4, 0.5) is 0 Å². The number of hydrogen-bond donors (Lipinski definition) is 2. The van der Waals surface area contributed by atoms with E-state index in [-0.39, 0.29) is 12.2 Å². The molecule has 0 aliphatic heterocycles. The van der Waals surface area contributed by atoms with E-state index in [0.29, 0.717) is 19.3 Å². The number of aliphatic hydroxyl groups is 1. The van der Waals surface area contributed by atoms with E-state index in [1.54, 1.807) is 6.08 Å². The Labute approximate surface area is 132 Å². The molecule has 0 spiro atoms. The van der Waals surface area contributed by atoms with E-state index in [2.05, 4.69) is 6.92 Å². The van der Waals surface area contributed by atoms with Crippen LogP contribution in [0.2, 0.25) is 0 Å². The maximum absolute atomic E-state index is 11.9. The number of rotatable bonds is 11. The number of allylic oxidation sites excluding steroid dienone is 3. The Morgan fingerprint density at radius 1 is 1.23 bits per heavy atom. The van der Waals surface area contributed by atoms with Crippen molar-refractivity contribution in [1.29, 1.82) is 0 Å². The van der Waals surface area contributed by atoms with Gasteiger partial charge in [-0.05, 0) is 43.3 Å². The highest BCUT2D eigenvalue weighted by atomic mass is 16.4. The molecule has 0 bridgehead atoms. The van der Waals surface area contributed by atoms with E-state index >= 15 is 0 Å². The predicted octanol–water partition coefficient (Wildman–Crippen LogP) is 3.79. The quantitative estimate of drug-likeness (QED) is 0.569. The highest BCUT2D eigenvalue weighted by molar-refractivity contribution is 5.99. The van der Waals surface area contributed by atoms with E-state index in [4.69, 9.17) is 5.11 Å². The number of ketones is 1. The molecule has 1 aliphatic rings. The molecule has 0 radical (unpaired) electrons. The molecule has 0 fully saturated rings. The Hall–Kier alpha value is -1.42. The Balaban J connectivity index is 2.49. The van der Waals surface area contributed by atoms with Gasteiger partial charge in [-0.25, -0.2) is 0 Å². The SMILES string of the molecule is CCCCC[C@@H](O)/C=C/C1=C(CCCCC(=O)O)C(=O)CC1. The van der Waals surface area contributed by atoms with Crippen LogP contribution < -0.4 is 0 Å². The molecule has 4 heteroatoms. The molecule has 124 valence electrons. The van der Waals surface area contributed by atoms with Crippen molar-refractivity contribution in [2.45, 2.75) is 77.2 Å². The van der Waals surface area contributed by atoms with Gasteiger partial charge in [-0.15, -0.1) is 0 Å². The average molecular weight is 308 g/mol. The van der Waals surface area contributed by atoms with E-state index in [0.717, 1.165) is 49.7 Å². The van der Waals surface area contributed by atoms with Crippen LogP contribution in [0.5, 0.6) is 0 Å². The summed E-state index contributed by atoms with van der Waals surface area (Å²) in [5, 5.41) is 18.5. The summed E-state index contributed by atoms with van der Waals surface area (Å²) >= 11 is 0. The van der Waals surface area contributed by atoms with E-state index in [9.17, 15) is 14.7 Å². The monoisotopic (exact) mass is 308 g/mol. The van der Waals surface area contributed by atoms with Crippen molar-refractivity contribution in [2.75, 3.05) is 0 Å². The van der Waals surface area contributed by atoms with Gasteiger partial charge in [-0.1, -0.05) is 38.3 Å². The minimum Gasteiger partial charge on any atom is -0.481 e. The second kappa shape index (κ2) is 10.3. The molecule has 0 saturated heterocycles. The molecule has 0 aromatic heterocycles. The Bertz CT molecular complexity index is 434. The van der Waals surface area contributed by atoms with Gasteiger partial charge in [0.05, 0.1) is 6.10 Å². The van der Waals surface area contributed by atoms with E-state index in [1.807, 2.05) is 6.08 Å². The molecule has 22 heavy (non-hydrogen) atoms. The van der Waals surface area contributed by atoms with E-state index < -0.39 is 12.1 Å². The molecule has 1 aliphatic carbocycles. The summed E-state index contributed by atoms with van der Waals surface area (Å²) in [5.74, 6) is -0.613. The standard InChI is InChI=1S/C18H28O4/c1-2-3-4-7-15(19)12-10-14-11-13-17(20)16(14)8-5-6-9-18(21)22/h10,12,15,19H,2-9,11,13H2,1H3,(H,21,22)/b12-10+/t15-/m1/s1. The second-order valence-corrected chi connectivity index (χ2v) is 5.95. The first-order chi connectivity index (χ1) is 10.5. The normalized spacial score (nSPS) is 16.7. The lowest BCUT2D eigenvalue weighted by molar-refractivity contribution is -0.137. The number of carbonyl (C=O) groups is 2. The number of hydrogen-bond acceptors (Lipinski definition) is 3. The number of carboxylic acid groups (broad SMARTS) is 1. The smallest absolute Gasteiger partial charge is 0.303 e. The van der Waals surface area contributed by atoms with Crippen LogP contribution in [0, 0.1) is 0 Å². The summed E-state index contributed by atoms with van der Waals surface area (Å²) in [6.07, 6.45) is 10.7. The first kappa shape index (κ1) is 18.6. The third kappa shape index (κ3) is 7.03. The fourth-order valence-corrected chi connectivity index (χ4v) is 2.72. The van der Waals surface area contributed by atoms with Gasteiger partial charge < -0.3 is 10.2 Å². The van der Waals surface area contributed by atoms with Gasteiger partial charge in [0, 0.05) is 12.8 Å². The van der Waals surface area contributed by atoms with Gasteiger partial charge in [0.25, 0.3) is 0 Å². The van der Waals surface area contributed by atoms with E-state index in [1.165, 1.54) is 0 Å². The van der Waals surface area contributed by atoms with Crippen molar-refractivity contribution in [1.82, 2.24) is 0 Å². The Morgan fingerprint density at radius 2 is 2.00 bits per heavy atom. The summed E-state index contributed by atoms with van der Waals surface area (Å²) < 4.78 is 0. The Morgan fingerprint density at radius 3 is 2.68 bits per heavy atom. The summed E-state index contributed by atoms with van der Waals surface area (Å²) in [6.45, 7) is 2.13. The third-order valence-electron chi connectivity index (χ3n) is 4.04. The lowest BCUT2D eigenvalue weighted by Gasteiger charge is -2.06. The molecule has 0 heterocycles. The number of carbonyl (C=O) groups excluding carboxylic acids is 1. The molecular formula is C18H28O4. The average Bonchev–Trinajstić information content (AvgIpc) is 2.82. The van der Waals surface area contributed by atoms with Crippen LogP contribution >= 0.6 is 0 Å². The van der Waals surface area contributed by atoms with Crippen molar-refractivity contribution >= 4 is 11.8 Å². The molecule has 0 saturated carbocycles. The largest absolute Gasteiger partial charge is 0.481 e. The molecule has 4 nitrogen and oxygen atoms in total. The zero-order valence-electron chi connectivity index (χ0n) is 13.5. The maximum Gasteiger partial charge on any atom is 0.303 e. The van der Waals surface area contributed by atoms with Gasteiger partial charge in [-0.2, -0.15) is 0 Å². The first-order valence-corrected chi connectivity index (χ1v) is 8.37. The fourth-order valence-electron chi connectivity index (χ4n) is 2.72. The lowest BCUT2D eigenvalue weighted by atomic mass is 10.0. The van der Waals surface area contributed by atoms with Gasteiger partial charge in [0.15, 0.2) is 5.78 Å². The summed E-state index contributed by atoms with van der Waals surface area (Å²) in [7, 11) is 0. The number of aliphatic carboxylic acids is 1. The zero-order chi connectivity index (χ0) is 16.4. The topological polar surface area (TPSA) is 74.6 Å². The number of aliphatic hydroxyl groups excluding tert-OH is 1. The predicted molar refractivity (Wildman–Crippen MR) is 86.7 cm³/mol. The molecule has 2 N–H and O–H groups in total. The van der Waals surface area contributed by atoms with Crippen LogP contribution in [-0.2, 0) is 9.59 Å². The van der Waals surface area contributed by atoms with Gasteiger partial charge in [0.2, 0.25) is 0 Å². The zero-order valence-corrected chi connectivity index (χ0v) is 13.5. The van der Waals surface area contributed by atoms with Crippen LogP contribution in [-0.4, -0.2) is 28.1 Å². The second-order valence-electron chi connectivity index (χ2n) is 5.95. The van der Waals surface area contributed by atoms with Gasteiger partial charge >= 0.3 is 5.97 Å². The highest BCUT2D eigenvalue weighted by Gasteiger charge is 2.20. The summed E-state index contributed by atoms with van der Waals surface area (Å²) in [6, 6.07) is 0. The molecule has 0 unspecified atom stereocenters.